The zero-order chi connectivity index (χ0) is 15.4. The molecule has 0 bridgehead atoms. The van der Waals surface area contributed by atoms with Crippen LogP contribution in [0, 0.1) is 5.82 Å². The van der Waals surface area contributed by atoms with Crippen LogP contribution in [-0.4, -0.2) is 17.8 Å². The van der Waals surface area contributed by atoms with Gasteiger partial charge in [-0.15, -0.1) is 0 Å². The molecule has 0 aliphatic rings. The Kier molecular flexibility index (Phi) is 4.98. The van der Waals surface area contributed by atoms with E-state index in [1.54, 1.807) is 19.1 Å². The first-order chi connectivity index (χ1) is 10.0. The van der Waals surface area contributed by atoms with Gasteiger partial charge in [-0.2, -0.15) is 5.10 Å². The van der Waals surface area contributed by atoms with Crippen molar-refractivity contribution in [2.24, 2.45) is 5.10 Å². The number of nitrogens with zero attached hydrogens (tertiary/aromatic N) is 2. The molecule has 1 N–H and O–H groups in total. The Bertz CT molecular complexity index is 672. The van der Waals surface area contributed by atoms with Gasteiger partial charge in [0.2, 0.25) is 0 Å². The van der Waals surface area contributed by atoms with Gasteiger partial charge < -0.3 is 4.74 Å². The highest BCUT2D eigenvalue weighted by Gasteiger charge is 2.09. The van der Waals surface area contributed by atoms with Gasteiger partial charge in [0.1, 0.15) is 11.6 Å². The van der Waals surface area contributed by atoms with E-state index < -0.39 is 5.82 Å². The minimum Gasteiger partial charge on any atom is -0.497 e. The number of ether oxygens (including phenoxy) is 1. The molecule has 0 aliphatic carbocycles. The van der Waals surface area contributed by atoms with E-state index in [9.17, 15) is 4.39 Å². The van der Waals surface area contributed by atoms with E-state index in [-0.39, 0.29) is 0 Å². The van der Waals surface area contributed by atoms with Gasteiger partial charge in [-0.1, -0.05) is 23.2 Å². The van der Waals surface area contributed by atoms with Crippen molar-refractivity contribution in [3.8, 4) is 5.75 Å². The van der Waals surface area contributed by atoms with Gasteiger partial charge in [-0.3, -0.25) is 10.4 Å². The maximum absolute atomic E-state index is 13.9. The van der Waals surface area contributed by atoms with Gasteiger partial charge in [0.15, 0.2) is 0 Å². The van der Waals surface area contributed by atoms with E-state index >= 15 is 0 Å². The van der Waals surface area contributed by atoms with Gasteiger partial charge in [0.25, 0.3) is 0 Å². The lowest BCUT2D eigenvalue weighted by atomic mass is 10.1. The molecule has 0 spiro atoms. The molecule has 1 heterocycles. The lowest BCUT2D eigenvalue weighted by molar-refractivity contribution is 0.411. The summed E-state index contributed by atoms with van der Waals surface area (Å²) in [6.45, 7) is 1.67. The van der Waals surface area contributed by atoms with Crippen LogP contribution in [0.1, 0.15) is 12.5 Å². The molecule has 2 aromatic rings. The summed E-state index contributed by atoms with van der Waals surface area (Å²) in [7, 11) is 1.48. The molecule has 0 atom stereocenters. The van der Waals surface area contributed by atoms with Crippen molar-refractivity contribution in [2.75, 3.05) is 12.5 Å². The second-order valence-electron chi connectivity index (χ2n) is 4.13. The zero-order valence-electron chi connectivity index (χ0n) is 11.3. The van der Waals surface area contributed by atoms with Crippen molar-refractivity contribution in [3.63, 3.8) is 0 Å². The van der Waals surface area contributed by atoms with Crippen LogP contribution in [0.5, 0.6) is 5.75 Å². The van der Waals surface area contributed by atoms with Crippen molar-refractivity contribution in [3.05, 3.63) is 52.0 Å². The van der Waals surface area contributed by atoms with Crippen molar-refractivity contribution in [2.45, 2.75) is 6.92 Å². The van der Waals surface area contributed by atoms with E-state index in [1.165, 1.54) is 25.6 Å². The molecule has 0 fully saturated rings. The Hall–Kier alpha value is -1.85. The van der Waals surface area contributed by atoms with Crippen LogP contribution in [0.4, 0.5) is 10.1 Å². The maximum Gasteiger partial charge on any atom is 0.135 e. The Labute approximate surface area is 131 Å². The zero-order valence-corrected chi connectivity index (χ0v) is 12.8. The fourth-order valence-electron chi connectivity index (χ4n) is 1.63. The second-order valence-corrected chi connectivity index (χ2v) is 4.95. The predicted molar refractivity (Wildman–Crippen MR) is 83.0 cm³/mol. The van der Waals surface area contributed by atoms with Gasteiger partial charge in [0, 0.05) is 24.0 Å². The normalized spacial score (nSPS) is 11.4. The van der Waals surface area contributed by atoms with Crippen LogP contribution in [-0.2, 0) is 0 Å². The lowest BCUT2D eigenvalue weighted by Gasteiger charge is -2.08. The summed E-state index contributed by atoms with van der Waals surface area (Å²) in [4.78, 5) is 3.84. The van der Waals surface area contributed by atoms with Crippen LogP contribution in [0.2, 0.25) is 10.0 Å². The van der Waals surface area contributed by atoms with Crippen molar-refractivity contribution in [1.82, 2.24) is 4.98 Å². The smallest absolute Gasteiger partial charge is 0.135 e. The number of hydrogen-bond acceptors (Lipinski definition) is 4. The maximum atomic E-state index is 13.9. The molecule has 0 saturated carbocycles. The highest BCUT2D eigenvalue weighted by Crippen LogP contribution is 2.28. The summed E-state index contributed by atoms with van der Waals surface area (Å²) in [5, 5.41) is 4.75. The number of nitrogens with one attached hydrogen (secondary N) is 1. The van der Waals surface area contributed by atoms with Gasteiger partial charge in [-0.25, -0.2) is 4.39 Å². The summed E-state index contributed by atoms with van der Waals surface area (Å²) >= 11 is 11.9. The predicted octanol–water partition coefficient (Wildman–Crippen LogP) is 4.37. The van der Waals surface area contributed by atoms with E-state index in [1.807, 2.05) is 0 Å². The fourth-order valence-corrected chi connectivity index (χ4v) is 2.08. The van der Waals surface area contributed by atoms with E-state index in [4.69, 9.17) is 27.9 Å². The highest BCUT2D eigenvalue weighted by atomic mass is 35.5. The second kappa shape index (κ2) is 6.74. The minimum atomic E-state index is -0.427. The van der Waals surface area contributed by atoms with Crippen LogP contribution in [0.25, 0.3) is 0 Å². The van der Waals surface area contributed by atoms with E-state index in [0.29, 0.717) is 32.8 Å². The number of halogens is 3. The monoisotopic (exact) mass is 327 g/mol. The third kappa shape index (κ3) is 3.62. The summed E-state index contributed by atoms with van der Waals surface area (Å²) < 4.78 is 18.9. The Morgan fingerprint density at radius 2 is 1.95 bits per heavy atom. The van der Waals surface area contributed by atoms with Gasteiger partial charge in [-0.05, 0) is 19.1 Å². The molecule has 2 rings (SSSR count). The first kappa shape index (κ1) is 15.5. The number of methoxy groups -OCH3 is 1. The summed E-state index contributed by atoms with van der Waals surface area (Å²) in [6.07, 6.45) is 2.88. The number of anilines is 1. The summed E-state index contributed by atoms with van der Waals surface area (Å²) in [6, 6.07) is 4.54. The van der Waals surface area contributed by atoms with Crippen molar-refractivity contribution < 1.29 is 9.13 Å². The highest BCUT2D eigenvalue weighted by molar-refractivity contribution is 6.38. The average Bonchev–Trinajstić information content (AvgIpc) is 2.46. The number of aromatic nitrogens is 1. The first-order valence-corrected chi connectivity index (χ1v) is 6.71. The first-order valence-electron chi connectivity index (χ1n) is 5.96. The van der Waals surface area contributed by atoms with Gasteiger partial charge >= 0.3 is 0 Å². The molecule has 110 valence electrons. The third-order valence-corrected chi connectivity index (χ3v) is 3.33. The van der Waals surface area contributed by atoms with E-state index in [2.05, 4.69) is 15.5 Å². The Morgan fingerprint density at radius 3 is 2.52 bits per heavy atom. The number of rotatable bonds is 4. The van der Waals surface area contributed by atoms with Crippen LogP contribution >= 0.6 is 23.2 Å². The molecule has 0 unspecified atom stereocenters. The van der Waals surface area contributed by atoms with Crippen LogP contribution in [0.15, 0.2) is 35.7 Å². The third-order valence-electron chi connectivity index (χ3n) is 2.75. The number of hydrogen-bond donors (Lipinski definition) is 1. The van der Waals surface area contributed by atoms with Crippen molar-refractivity contribution >= 4 is 34.6 Å². The fraction of sp³-hybridized carbons (Fsp3) is 0.143. The molecular weight excluding hydrogens is 316 g/mol. The van der Waals surface area contributed by atoms with E-state index in [0.717, 1.165) is 0 Å². The standard InChI is InChI=1S/C14H12Cl2FN3O/c1-8(10-4-3-9(21-2)5-13(10)17)19-20-14-11(15)6-18-7-12(14)16/h3-7H,1-2H3,(H,18,20). The molecule has 1 aromatic heterocycles. The lowest BCUT2D eigenvalue weighted by Crippen LogP contribution is -2.03. The molecule has 0 aliphatic heterocycles. The SMILES string of the molecule is COc1ccc(C(C)=NNc2c(Cl)cncc2Cl)c(F)c1. The summed E-state index contributed by atoms with van der Waals surface area (Å²) in [5.74, 6) is 0.0153. The largest absolute Gasteiger partial charge is 0.497 e. The topological polar surface area (TPSA) is 46.5 Å². The number of pyridine rings is 1. The molecule has 4 nitrogen and oxygen atoms in total. The molecule has 0 saturated heterocycles. The molecular formula is C14H12Cl2FN3O. The molecule has 0 radical (unpaired) electrons. The Morgan fingerprint density at radius 1 is 1.29 bits per heavy atom. The molecule has 0 amide bonds. The number of hydrazone groups is 1. The quantitative estimate of drug-likeness (QED) is 0.669. The molecule has 1 aromatic carbocycles. The summed E-state index contributed by atoms with van der Waals surface area (Å²) in [5.41, 5.74) is 3.93. The Balaban J connectivity index is 2.26. The van der Waals surface area contributed by atoms with Gasteiger partial charge in [0.05, 0.1) is 28.6 Å². The molecule has 7 heteroatoms. The van der Waals surface area contributed by atoms with Crippen molar-refractivity contribution in [1.29, 1.82) is 0 Å². The average molecular weight is 328 g/mol. The molecule has 21 heavy (non-hydrogen) atoms. The van der Waals surface area contributed by atoms with Crippen LogP contribution in [0.3, 0.4) is 0 Å². The van der Waals surface area contributed by atoms with Crippen LogP contribution < -0.4 is 10.2 Å². The minimum absolute atomic E-state index is 0.328. The number of benzene rings is 1.